The number of aromatic nitrogens is 4. The van der Waals surface area contributed by atoms with E-state index in [4.69, 9.17) is 9.84 Å². The number of tetrazole rings is 1. The van der Waals surface area contributed by atoms with Gasteiger partial charge in [0.2, 0.25) is 0 Å². The fourth-order valence-electron chi connectivity index (χ4n) is 1.29. The molecular weight excluding hydrogens is 262 g/mol. The minimum atomic E-state index is -1.06. The van der Waals surface area contributed by atoms with Crippen LogP contribution in [0, 0.1) is 0 Å². The van der Waals surface area contributed by atoms with Crippen LogP contribution in [0.4, 0.5) is 0 Å². The van der Waals surface area contributed by atoms with E-state index in [1.165, 1.54) is 24.2 Å². The second kappa shape index (κ2) is 7.19. The normalized spacial score (nSPS) is 9.85. The lowest BCUT2D eigenvalue weighted by Crippen LogP contribution is -2.03. The molecule has 0 saturated heterocycles. The van der Waals surface area contributed by atoms with Gasteiger partial charge in [-0.2, -0.15) is 0 Å². The molecule has 108 valence electrons. The average Bonchev–Trinajstić information content (AvgIpc) is 2.91. The highest BCUT2D eigenvalue weighted by Gasteiger charge is 2.12. The molecule has 1 aromatic heterocycles. The number of rotatable bonds is 3. The minimum Gasteiger partial charge on any atom is -0.496 e. The molecule has 0 atom stereocenters. The Hall–Kier alpha value is -2.48. The van der Waals surface area contributed by atoms with Gasteiger partial charge < -0.3 is 14.7 Å². The van der Waals surface area contributed by atoms with Crippen LogP contribution in [-0.2, 0) is 0 Å². The summed E-state index contributed by atoms with van der Waals surface area (Å²) in [6.07, 6.45) is 1.38. The molecule has 0 unspecified atom stereocenters. The number of carboxylic acid groups (broad SMARTS) is 1. The van der Waals surface area contributed by atoms with Crippen LogP contribution in [0.25, 0.3) is 5.69 Å². The van der Waals surface area contributed by atoms with Gasteiger partial charge in [-0.25, -0.2) is 9.48 Å². The molecule has 0 fully saturated rings. The quantitative estimate of drug-likeness (QED) is 0.876. The lowest BCUT2D eigenvalue weighted by atomic mass is 10.2. The van der Waals surface area contributed by atoms with Crippen LogP contribution in [0.5, 0.6) is 5.75 Å². The Morgan fingerprint density at radius 3 is 2.45 bits per heavy atom. The first-order valence-corrected chi connectivity index (χ1v) is 5.71. The third-order valence-corrected chi connectivity index (χ3v) is 2.03. The van der Waals surface area contributed by atoms with Gasteiger partial charge in [0, 0.05) is 0 Å². The topological polar surface area (TPSA) is 93.4 Å². The summed E-state index contributed by atoms with van der Waals surface area (Å²) in [7, 11) is 7.42. The molecule has 1 N–H and O–H groups in total. The fraction of sp³-hybridized carbons (Fsp3) is 0.333. The zero-order valence-corrected chi connectivity index (χ0v) is 11.8. The van der Waals surface area contributed by atoms with E-state index in [9.17, 15) is 4.79 Å². The smallest absolute Gasteiger partial charge is 0.339 e. The lowest BCUT2D eigenvalue weighted by molar-refractivity contribution is 0.0693. The molecule has 0 radical (unpaired) electrons. The number of hydrogen-bond acceptors (Lipinski definition) is 6. The van der Waals surface area contributed by atoms with Crippen LogP contribution in [0.1, 0.15) is 10.4 Å². The predicted octanol–water partition coefficient (Wildman–Crippen LogP) is 0.547. The number of carboxylic acids is 1. The summed E-state index contributed by atoms with van der Waals surface area (Å²) < 4.78 is 6.30. The first-order valence-electron chi connectivity index (χ1n) is 5.71. The zero-order valence-electron chi connectivity index (χ0n) is 11.8. The summed E-state index contributed by atoms with van der Waals surface area (Å²) in [6.45, 7) is 0. The molecule has 0 bridgehead atoms. The van der Waals surface area contributed by atoms with Gasteiger partial charge in [-0.05, 0) is 49.8 Å². The molecule has 0 aliphatic heterocycles. The van der Waals surface area contributed by atoms with Gasteiger partial charge >= 0.3 is 5.97 Å². The molecule has 2 aromatic rings. The van der Waals surface area contributed by atoms with E-state index >= 15 is 0 Å². The highest BCUT2D eigenvalue weighted by molar-refractivity contribution is 5.91. The lowest BCUT2D eigenvalue weighted by Gasteiger charge is -2.06. The molecule has 1 heterocycles. The van der Waals surface area contributed by atoms with Crippen molar-refractivity contribution in [2.45, 2.75) is 0 Å². The second-order valence-electron chi connectivity index (χ2n) is 4.29. The Bertz CT molecular complexity index is 551. The van der Waals surface area contributed by atoms with Crippen LogP contribution in [-0.4, -0.2) is 64.4 Å². The zero-order chi connectivity index (χ0) is 15.1. The monoisotopic (exact) mass is 279 g/mol. The van der Waals surface area contributed by atoms with E-state index in [1.807, 2.05) is 26.0 Å². The molecule has 0 aliphatic carbocycles. The van der Waals surface area contributed by atoms with E-state index in [-0.39, 0.29) is 5.56 Å². The van der Waals surface area contributed by atoms with Gasteiger partial charge in [-0.3, -0.25) is 0 Å². The summed E-state index contributed by atoms with van der Waals surface area (Å²) in [5, 5.41) is 19.6. The van der Waals surface area contributed by atoms with E-state index in [0.29, 0.717) is 11.4 Å². The number of ether oxygens (including phenoxy) is 1. The highest BCUT2D eigenvalue weighted by atomic mass is 16.5. The van der Waals surface area contributed by atoms with Crippen LogP contribution in [0.3, 0.4) is 0 Å². The Labute approximate surface area is 116 Å². The molecule has 0 aliphatic rings. The van der Waals surface area contributed by atoms with Gasteiger partial charge in [0.1, 0.15) is 17.6 Å². The summed E-state index contributed by atoms with van der Waals surface area (Å²) in [5.41, 5.74) is 0.624. The standard InChI is InChI=1S/C9H8N4O3.C3H9N/c1-16-8-3-2-6(4-7(8)9(14)15)13-5-10-11-12-13;1-4(2)3/h2-5H,1H3,(H,14,15);1-3H3. The molecule has 0 spiro atoms. The van der Waals surface area contributed by atoms with Crippen LogP contribution in [0.2, 0.25) is 0 Å². The van der Waals surface area contributed by atoms with Crippen molar-refractivity contribution in [1.82, 2.24) is 25.1 Å². The van der Waals surface area contributed by atoms with E-state index in [1.54, 1.807) is 12.1 Å². The number of hydrogen-bond donors (Lipinski definition) is 1. The van der Waals surface area contributed by atoms with E-state index in [2.05, 4.69) is 15.5 Å². The third kappa shape index (κ3) is 4.32. The second-order valence-corrected chi connectivity index (χ2v) is 4.29. The van der Waals surface area contributed by atoms with Crippen molar-refractivity contribution < 1.29 is 14.6 Å². The van der Waals surface area contributed by atoms with Crippen LogP contribution < -0.4 is 4.74 Å². The summed E-state index contributed by atoms with van der Waals surface area (Å²) >= 11 is 0. The van der Waals surface area contributed by atoms with Crippen molar-refractivity contribution in [2.75, 3.05) is 28.3 Å². The van der Waals surface area contributed by atoms with Gasteiger partial charge in [-0.1, -0.05) is 0 Å². The number of nitrogens with zero attached hydrogens (tertiary/aromatic N) is 5. The van der Waals surface area contributed by atoms with Crippen molar-refractivity contribution in [3.63, 3.8) is 0 Å². The van der Waals surface area contributed by atoms with Crippen LogP contribution >= 0.6 is 0 Å². The average molecular weight is 279 g/mol. The SMILES string of the molecule is CN(C)C.COc1ccc(-n2cnnn2)cc1C(=O)O. The molecule has 1 aromatic carbocycles. The highest BCUT2D eigenvalue weighted by Crippen LogP contribution is 2.21. The van der Waals surface area contributed by atoms with Gasteiger partial charge in [0.15, 0.2) is 0 Å². The maximum absolute atomic E-state index is 11.0. The molecular formula is C12H17N5O3. The van der Waals surface area contributed by atoms with Crippen molar-refractivity contribution in [3.05, 3.63) is 30.1 Å². The summed E-state index contributed by atoms with van der Waals surface area (Å²) in [5.74, 6) is -0.768. The van der Waals surface area contributed by atoms with Crippen LogP contribution in [0.15, 0.2) is 24.5 Å². The van der Waals surface area contributed by atoms with E-state index < -0.39 is 5.97 Å². The maximum atomic E-state index is 11.0. The molecule has 20 heavy (non-hydrogen) atoms. The van der Waals surface area contributed by atoms with Crippen molar-refractivity contribution in [3.8, 4) is 11.4 Å². The largest absolute Gasteiger partial charge is 0.496 e. The van der Waals surface area contributed by atoms with E-state index in [0.717, 1.165) is 0 Å². The predicted molar refractivity (Wildman–Crippen MR) is 72.3 cm³/mol. The molecule has 2 rings (SSSR count). The van der Waals surface area contributed by atoms with Gasteiger partial charge in [0.25, 0.3) is 0 Å². The number of carbonyl (C=O) groups is 1. The van der Waals surface area contributed by atoms with Gasteiger partial charge in [-0.15, -0.1) is 5.10 Å². The summed E-state index contributed by atoms with van der Waals surface area (Å²) in [6, 6.07) is 4.67. The minimum absolute atomic E-state index is 0.0653. The number of benzene rings is 1. The molecule has 8 nitrogen and oxygen atoms in total. The van der Waals surface area contributed by atoms with Crippen molar-refractivity contribution >= 4 is 5.97 Å². The first-order chi connectivity index (χ1) is 9.45. The fourth-order valence-corrected chi connectivity index (χ4v) is 1.29. The van der Waals surface area contributed by atoms with Gasteiger partial charge in [0.05, 0.1) is 12.8 Å². The van der Waals surface area contributed by atoms with Crippen molar-refractivity contribution in [1.29, 1.82) is 0 Å². The Balaban J connectivity index is 0.000000444. The van der Waals surface area contributed by atoms with Crippen molar-refractivity contribution in [2.24, 2.45) is 0 Å². The molecule has 8 heteroatoms. The molecule has 0 saturated carbocycles. The third-order valence-electron chi connectivity index (χ3n) is 2.03. The summed E-state index contributed by atoms with van der Waals surface area (Å²) in [4.78, 5) is 13.0. The Morgan fingerprint density at radius 2 is 2.00 bits per heavy atom. The number of methoxy groups -OCH3 is 1. The Morgan fingerprint density at radius 1 is 1.35 bits per heavy atom. The Kier molecular flexibility index (Phi) is 5.60. The molecule has 0 amide bonds. The maximum Gasteiger partial charge on any atom is 0.339 e. The first kappa shape index (κ1) is 15.6. The number of aromatic carboxylic acids is 1.